The third-order valence-electron chi connectivity index (χ3n) is 1.000. The zero-order chi connectivity index (χ0) is 9.84. The van der Waals surface area contributed by atoms with E-state index in [4.69, 9.17) is 20.1 Å². The van der Waals surface area contributed by atoms with Crippen LogP contribution in [0.1, 0.15) is 0 Å². The van der Waals surface area contributed by atoms with Crippen LogP contribution in [0, 0.1) is 0 Å². The molecule has 0 spiro atoms. The monoisotopic (exact) mass is 204 g/mol. The normalized spacial score (nSPS) is 9.54. The molecule has 0 aliphatic rings. The number of hydrogen-bond donors (Lipinski definition) is 4. The highest BCUT2D eigenvalue weighted by Gasteiger charge is 2.16. The Kier molecular flexibility index (Phi) is 3.58. The predicted octanol–water partition coefficient (Wildman–Crippen LogP) is -1.56. The fraction of sp³-hybridized carbons (Fsp3) is 0. The van der Waals surface area contributed by atoms with Gasteiger partial charge in [-0.05, 0) is 12.1 Å². The largest absolute Gasteiger partial charge is 0.708 e. The first kappa shape index (κ1) is 10.4. The Morgan fingerprint density at radius 1 is 0.923 bits per heavy atom. The maximum absolute atomic E-state index is 8.40. The lowest BCUT2D eigenvalue weighted by molar-refractivity contribution is 0.291. The van der Waals surface area contributed by atoms with Crippen LogP contribution < -0.4 is 9.31 Å². The summed E-state index contributed by atoms with van der Waals surface area (Å²) in [6.45, 7) is 0. The average molecular weight is 204 g/mol. The van der Waals surface area contributed by atoms with Gasteiger partial charge in [-0.15, -0.1) is 0 Å². The second kappa shape index (κ2) is 4.49. The lowest BCUT2D eigenvalue weighted by Crippen LogP contribution is -2.20. The van der Waals surface area contributed by atoms with Crippen LogP contribution >= 0.6 is 11.3 Å². The lowest BCUT2D eigenvalue weighted by Gasteiger charge is -2.00. The van der Waals surface area contributed by atoms with E-state index in [-0.39, 0.29) is 10.1 Å². The maximum atomic E-state index is 8.40. The molecule has 1 heterocycles. The molecule has 0 unspecified atom stereocenters. The Morgan fingerprint density at radius 2 is 1.31 bits per heavy atom. The van der Waals surface area contributed by atoms with Crippen molar-refractivity contribution in [3.63, 3.8) is 0 Å². The van der Waals surface area contributed by atoms with E-state index in [1.54, 1.807) is 0 Å². The predicted molar refractivity (Wildman–Crippen MR) is 46.0 cm³/mol. The van der Waals surface area contributed by atoms with E-state index < -0.39 is 14.6 Å². The molecule has 0 saturated heterocycles. The molecule has 9 heteroatoms. The fourth-order valence-corrected chi connectivity index (χ4v) is 1.38. The van der Waals surface area contributed by atoms with Crippen LogP contribution in [0.2, 0.25) is 0 Å². The Labute approximate surface area is 78.3 Å². The molecule has 1 rings (SSSR count). The molecule has 0 aliphatic heterocycles. The molecular formula is C4H6B2O6S. The zero-order valence-electron chi connectivity index (χ0n) is 6.32. The van der Waals surface area contributed by atoms with Gasteiger partial charge >= 0.3 is 14.6 Å². The van der Waals surface area contributed by atoms with Gasteiger partial charge in [-0.3, -0.25) is 0 Å². The van der Waals surface area contributed by atoms with E-state index in [2.05, 4.69) is 9.31 Å². The summed E-state index contributed by atoms with van der Waals surface area (Å²) < 4.78 is 8.93. The summed E-state index contributed by atoms with van der Waals surface area (Å²) >= 11 is 0.905. The van der Waals surface area contributed by atoms with Crippen LogP contribution in [0.15, 0.2) is 12.1 Å². The second-order valence-corrected chi connectivity index (χ2v) is 2.97. The molecule has 0 aromatic carbocycles. The summed E-state index contributed by atoms with van der Waals surface area (Å²) in [4.78, 5) is 0. The Bertz CT molecular complexity index is 238. The third kappa shape index (κ3) is 3.66. The minimum atomic E-state index is -1.90. The minimum Gasteiger partial charge on any atom is -0.504 e. The number of thiophene rings is 1. The van der Waals surface area contributed by atoms with Crippen LogP contribution in [0.3, 0.4) is 0 Å². The average Bonchev–Trinajstić information content (AvgIpc) is 2.33. The fourth-order valence-electron chi connectivity index (χ4n) is 0.638. The van der Waals surface area contributed by atoms with Crippen molar-refractivity contribution in [2.45, 2.75) is 0 Å². The molecular weight excluding hydrogens is 198 g/mol. The van der Waals surface area contributed by atoms with Crippen molar-refractivity contribution in [1.29, 1.82) is 0 Å². The van der Waals surface area contributed by atoms with E-state index in [1.165, 1.54) is 12.1 Å². The summed E-state index contributed by atoms with van der Waals surface area (Å²) in [5.74, 6) is 0. The number of rotatable bonds is 4. The summed E-state index contributed by atoms with van der Waals surface area (Å²) in [6, 6.07) is 2.81. The molecule has 0 fully saturated rings. The lowest BCUT2D eigenvalue weighted by atomic mass is 10.3. The highest BCUT2D eigenvalue weighted by Crippen LogP contribution is 2.30. The summed E-state index contributed by atoms with van der Waals surface area (Å²) in [5, 5.41) is 34.0. The van der Waals surface area contributed by atoms with Crippen molar-refractivity contribution in [1.82, 2.24) is 0 Å². The Morgan fingerprint density at radius 3 is 1.62 bits per heavy atom. The molecule has 0 amide bonds. The molecule has 0 saturated carbocycles. The van der Waals surface area contributed by atoms with Gasteiger partial charge in [0, 0.05) is 0 Å². The molecule has 6 nitrogen and oxygen atoms in total. The van der Waals surface area contributed by atoms with E-state index >= 15 is 0 Å². The standard InChI is InChI=1S/C4H6B2O6S/c7-5(8)11-3-1-2-4(13-3)12-6(9)10/h1-2,7-10H. The molecule has 4 N–H and O–H groups in total. The van der Waals surface area contributed by atoms with Crippen molar-refractivity contribution in [3.05, 3.63) is 12.1 Å². The Balaban J connectivity index is 2.53. The molecule has 0 radical (unpaired) electrons. The van der Waals surface area contributed by atoms with E-state index in [1.807, 2.05) is 0 Å². The third-order valence-corrected chi connectivity index (χ3v) is 1.87. The van der Waals surface area contributed by atoms with Gasteiger partial charge in [0.1, 0.15) is 0 Å². The zero-order valence-corrected chi connectivity index (χ0v) is 7.14. The molecule has 0 atom stereocenters. The first-order valence-corrected chi connectivity index (χ1v) is 4.05. The van der Waals surface area contributed by atoms with E-state index in [0.717, 1.165) is 11.3 Å². The van der Waals surface area contributed by atoms with Crippen molar-refractivity contribution in [2.75, 3.05) is 0 Å². The highest BCUT2D eigenvalue weighted by atomic mass is 32.1. The summed E-state index contributed by atoms with van der Waals surface area (Å²) in [6.07, 6.45) is 0. The first-order chi connectivity index (χ1) is 6.08. The van der Waals surface area contributed by atoms with Crippen LogP contribution in [0.25, 0.3) is 0 Å². The van der Waals surface area contributed by atoms with Crippen molar-refractivity contribution < 1.29 is 29.4 Å². The van der Waals surface area contributed by atoms with Crippen LogP contribution in [-0.4, -0.2) is 34.7 Å². The van der Waals surface area contributed by atoms with Gasteiger partial charge in [-0.2, -0.15) is 0 Å². The van der Waals surface area contributed by atoms with Crippen LogP contribution in [-0.2, 0) is 0 Å². The molecule has 0 aliphatic carbocycles. The van der Waals surface area contributed by atoms with Gasteiger partial charge in [0.05, 0.1) is 0 Å². The second-order valence-electron chi connectivity index (χ2n) is 1.96. The van der Waals surface area contributed by atoms with Crippen molar-refractivity contribution in [2.24, 2.45) is 0 Å². The number of hydrogen-bond acceptors (Lipinski definition) is 7. The van der Waals surface area contributed by atoms with E-state index in [9.17, 15) is 0 Å². The van der Waals surface area contributed by atoms with Crippen LogP contribution in [0.4, 0.5) is 0 Å². The molecule has 13 heavy (non-hydrogen) atoms. The van der Waals surface area contributed by atoms with Gasteiger partial charge in [-0.1, -0.05) is 11.3 Å². The summed E-state index contributed by atoms with van der Waals surface area (Å²) in [5.41, 5.74) is 0. The molecule has 70 valence electrons. The van der Waals surface area contributed by atoms with Gasteiger partial charge < -0.3 is 29.4 Å². The van der Waals surface area contributed by atoms with E-state index in [0.29, 0.717) is 0 Å². The van der Waals surface area contributed by atoms with Gasteiger partial charge in [0.15, 0.2) is 10.1 Å². The van der Waals surface area contributed by atoms with Crippen LogP contribution in [0.5, 0.6) is 10.1 Å². The SMILES string of the molecule is OB(O)Oc1ccc(OB(O)O)s1. The molecule has 1 aromatic heterocycles. The quantitative estimate of drug-likeness (QED) is 0.442. The van der Waals surface area contributed by atoms with Crippen molar-refractivity contribution in [3.8, 4) is 10.1 Å². The molecule has 1 aromatic rings. The highest BCUT2D eigenvalue weighted by molar-refractivity contribution is 7.16. The first-order valence-electron chi connectivity index (χ1n) is 3.23. The Hall–Kier alpha value is -0.730. The topological polar surface area (TPSA) is 99.4 Å². The maximum Gasteiger partial charge on any atom is 0.708 e. The smallest absolute Gasteiger partial charge is 0.504 e. The minimum absolute atomic E-state index is 0.200. The molecule has 0 bridgehead atoms. The van der Waals surface area contributed by atoms with Gasteiger partial charge in [0.2, 0.25) is 0 Å². The van der Waals surface area contributed by atoms with Crippen molar-refractivity contribution >= 4 is 26.0 Å². The van der Waals surface area contributed by atoms with Gasteiger partial charge in [0.25, 0.3) is 0 Å². The summed E-state index contributed by atoms with van der Waals surface area (Å²) in [7, 11) is -3.80. The van der Waals surface area contributed by atoms with Gasteiger partial charge in [-0.25, -0.2) is 0 Å².